The van der Waals surface area contributed by atoms with E-state index in [0.29, 0.717) is 55.0 Å². The molecule has 0 fully saturated rings. The number of esters is 4. The van der Waals surface area contributed by atoms with E-state index < -0.39 is 35.8 Å². The first kappa shape index (κ1) is 102. The average molecular weight is 1540 g/mol. The number of hydrogen-bond acceptors (Lipinski definition) is 20. The predicted molar refractivity (Wildman–Crippen MR) is 429 cm³/mol. The van der Waals surface area contributed by atoms with Crippen LogP contribution in [-0.2, 0) is 52.5 Å². The molecule has 109 heavy (non-hydrogen) atoms. The topological polar surface area (TPSA) is 333 Å². The summed E-state index contributed by atoms with van der Waals surface area (Å²) in [7, 11) is 3.15. The number of phenols is 2. The molecule has 0 heterocycles. The monoisotopic (exact) mass is 1530 g/mol. The van der Waals surface area contributed by atoms with Gasteiger partial charge < -0.3 is 78.0 Å². The smallest absolute Gasteiger partial charge is 0.336 e. The van der Waals surface area contributed by atoms with Gasteiger partial charge in [0.25, 0.3) is 0 Å². The van der Waals surface area contributed by atoms with E-state index in [2.05, 4.69) is 54.4 Å². The summed E-state index contributed by atoms with van der Waals surface area (Å²) in [6.45, 7) is 28.4. The third-order valence-electron chi connectivity index (χ3n) is 12.3. The number of aliphatic hydroxyl groups excluding tert-OH is 1. The minimum Gasteiger partial charge on any atom is -0.508 e. The van der Waals surface area contributed by atoms with Gasteiger partial charge in [0.2, 0.25) is 0 Å². The number of aromatic hydroxyl groups is 2. The molecule has 596 valence electrons. The molecule has 0 aliphatic rings. The highest BCUT2D eigenvalue weighted by Crippen LogP contribution is 2.20. The third kappa shape index (κ3) is 66.1. The van der Waals surface area contributed by atoms with Crippen LogP contribution in [0.2, 0.25) is 0 Å². The molecule has 24 heteroatoms. The molecule has 0 amide bonds. The summed E-state index contributed by atoms with van der Waals surface area (Å²) in [5, 5.41) is 50.7. The number of benzene rings is 6. The van der Waals surface area contributed by atoms with Gasteiger partial charge in [0.1, 0.15) is 46.0 Å². The lowest BCUT2D eigenvalue weighted by Crippen LogP contribution is -2.03. The first-order valence-electron chi connectivity index (χ1n) is 35.2. The van der Waals surface area contributed by atoms with Crippen LogP contribution >= 0.6 is 11.6 Å². The summed E-state index contributed by atoms with van der Waals surface area (Å²) in [6.07, 6.45) is 24.8. The van der Waals surface area contributed by atoms with Crippen LogP contribution in [0.25, 0.3) is 24.3 Å². The van der Waals surface area contributed by atoms with Gasteiger partial charge in [0.05, 0.1) is 27.4 Å². The molecule has 23 nitrogen and oxygen atoms in total. The van der Waals surface area contributed by atoms with Crippen molar-refractivity contribution in [3.8, 4) is 46.0 Å². The largest absolute Gasteiger partial charge is 0.508 e. The zero-order valence-corrected chi connectivity index (χ0v) is 64.7. The van der Waals surface area contributed by atoms with Crippen LogP contribution in [0.5, 0.6) is 46.0 Å². The van der Waals surface area contributed by atoms with Crippen LogP contribution in [0.3, 0.4) is 0 Å². The molecule has 0 radical (unpaired) electrons. The Morgan fingerprint density at radius 3 is 0.991 bits per heavy atom. The van der Waals surface area contributed by atoms with Crippen LogP contribution in [0.4, 0.5) is 0 Å². The van der Waals surface area contributed by atoms with E-state index in [0.717, 1.165) is 162 Å². The second kappa shape index (κ2) is 72.5. The molecule has 0 spiro atoms. The van der Waals surface area contributed by atoms with Crippen LogP contribution in [0.1, 0.15) is 128 Å². The number of unbranched alkanes of at least 4 members (excludes halogenated alkanes) is 3. The second-order valence-electron chi connectivity index (χ2n) is 21.5. The maximum atomic E-state index is 11.8. The van der Waals surface area contributed by atoms with Crippen LogP contribution in [-0.4, -0.2) is 152 Å². The molecule has 6 N–H and O–H groups in total. The molecule has 6 aromatic rings. The molecule has 0 bridgehead atoms. The summed E-state index contributed by atoms with van der Waals surface area (Å²) in [6, 6.07) is 40.2. The summed E-state index contributed by atoms with van der Waals surface area (Å²) in [5.74, 6) is -0.205. The molecule has 0 aliphatic carbocycles. The number of halogens is 1. The van der Waals surface area contributed by atoms with Gasteiger partial charge >= 0.3 is 41.8 Å². The van der Waals surface area contributed by atoms with Gasteiger partial charge in [-0.1, -0.05) is 116 Å². The van der Waals surface area contributed by atoms with Crippen molar-refractivity contribution in [3.63, 3.8) is 0 Å². The Bertz CT molecular complexity index is 3450. The molecule has 6 aromatic carbocycles. The Morgan fingerprint density at radius 2 is 0.661 bits per heavy atom. The molecule has 0 unspecified atom stereocenters. The zero-order chi connectivity index (χ0) is 81.9. The Hall–Kier alpha value is -11.1. The number of phenolic OH excluding ortho intramolecular Hbond substituents is 2. The van der Waals surface area contributed by atoms with Gasteiger partial charge in [-0.25, -0.2) is 33.6 Å². The number of carbonyl (C=O) groups excluding carboxylic acids is 4. The number of carboxylic acid groups (broad SMARTS) is 3. The summed E-state index contributed by atoms with van der Waals surface area (Å²) >= 11 is 5.42. The number of carbonyl (C=O) groups is 7. The predicted octanol–water partition coefficient (Wildman–Crippen LogP) is 17.3. The first-order valence-corrected chi connectivity index (χ1v) is 35.7. The van der Waals surface area contributed by atoms with Crippen molar-refractivity contribution in [1.29, 1.82) is 0 Å². The summed E-state index contributed by atoms with van der Waals surface area (Å²) in [4.78, 5) is 74.5. The Labute approximate surface area is 647 Å². The quantitative estimate of drug-likeness (QED) is 0.00694. The Kier molecular flexibility index (Phi) is 67.9. The van der Waals surface area contributed by atoms with Crippen LogP contribution in [0, 0.1) is 0 Å². The third-order valence-corrected chi connectivity index (χ3v) is 12.5. The highest BCUT2D eigenvalue weighted by atomic mass is 35.5. The van der Waals surface area contributed by atoms with Gasteiger partial charge in [-0.05, 0) is 195 Å². The van der Waals surface area contributed by atoms with Gasteiger partial charge in [0.15, 0.2) is 0 Å². The number of alkyl halides is 1. The second-order valence-corrected chi connectivity index (χ2v) is 21.9. The van der Waals surface area contributed by atoms with E-state index in [-0.39, 0.29) is 17.5 Å². The number of carboxylic acids is 3. The highest BCUT2D eigenvalue weighted by Gasteiger charge is 2.04. The summed E-state index contributed by atoms with van der Waals surface area (Å²) < 4.78 is 50.7. The minimum atomic E-state index is -1.01. The van der Waals surface area contributed by atoms with Crippen molar-refractivity contribution in [2.45, 2.75) is 106 Å². The van der Waals surface area contributed by atoms with E-state index >= 15 is 0 Å². The highest BCUT2D eigenvalue weighted by molar-refractivity contribution is 6.17. The number of ether oxygens (including phenoxy) is 10. The van der Waals surface area contributed by atoms with E-state index in [1.807, 2.05) is 24.3 Å². The molecule has 0 aromatic heterocycles. The van der Waals surface area contributed by atoms with Gasteiger partial charge in [0, 0.05) is 101 Å². The number of aliphatic hydroxyl groups is 1. The molecule has 6 rings (SSSR count). The van der Waals surface area contributed by atoms with E-state index in [9.17, 15) is 33.6 Å². The van der Waals surface area contributed by atoms with Crippen molar-refractivity contribution < 1.29 is 112 Å². The fourth-order valence-corrected chi connectivity index (χ4v) is 7.23. The van der Waals surface area contributed by atoms with Crippen molar-refractivity contribution in [2.24, 2.45) is 0 Å². The van der Waals surface area contributed by atoms with Gasteiger partial charge in [-0.3, -0.25) is 0 Å². The minimum absolute atomic E-state index is 0.207. The lowest BCUT2D eigenvalue weighted by Gasteiger charge is -2.06. The Balaban J connectivity index is -0.00000121. The number of hydrogen-bond donors (Lipinski definition) is 6. The van der Waals surface area contributed by atoms with Crippen LogP contribution < -0.4 is 28.4 Å². The molecule has 0 aliphatic heterocycles. The lowest BCUT2D eigenvalue weighted by atomic mass is 10.2. The fourth-order valence-electron chi connectivity index (χ4n) is 7.04. The normalized spacial score (nSPS) is 9.89. The standard InChI is InChI=1S/C19H16O5.C15H20O4.C12H10O4.C11H12O3.C7H8O2.C6H13ClO.2C6H14O.C3H4O2/c1-3-18(20)23-16-7-4-14(5-8-16)6-13-19(21)24-17-11-9-15(22-2)10-12-17;1-2-10-18-11-3-12-19-14-7-4-13(5-8-14)6-9-15(16)17;1-2-12(15)16-10-6-3-9(4-7-10)5-8-11(13)14;1-2-14-11(13)8-5-9-3-6-10(12)7-4-9;1-9-7-4-2-6(8)3-5-7;7-5-3-1-2-4-6-8;2*1-3-5-7-6-4-2;1-2-3(4)5/h3-13H,1H2,2H3;4-9H,2-3,10-12H2,1H3,(H,16,17);2-8H,1H2,(H,13,14);3-8,12H,2H2,1H3;2-5,8H,1H3;8H,1-6H2;2*3-6H2,1-2H3;2H,1H2,(H,4,5)/b13-6+;9-6+;2*8-5+;;;;;. The molecular weight excluding hydrogens is 1420 g/mol. The zero-order valence-electron chi connectivity index (χ0n) is 64.0. The number of aliphatic carboxylic acids is 3. The van der Waals surface area contributed by atoms with E-state index in [1.54, 1.807) is 161 Å². The van der Waals surface area contributed by atoms with Crippen LogP contribution in [0.15, 0.2) is 208 Å². The van der Waals surface area contributed by atoms with Gasteiger partial charge in [-0.2, -0.15) is 0 Å². The SMILES string of the molecule is C=CC(=O)O.C=CC(=O)Oc1ccc(/C=C/C(=O)O)cc1.C=CC(=O)Oc1ccc(/C=C/C(=O)Oc2ccc(OC)cc2)cc1.CCCOCCC.CCCOCCC.CCCOCCCOc1ccc(/C=C/C(=O)O)cc1.CCOC(=O)/C=C/c1ccc(O)cc1.COc1ccc(O)cc1.OCCCCCCCl. The maximum Gasteiger partial charge on any atom is 0.336 e. The molecule has 0 saturated carbocycles. The average Bonchev–Trinajstić information content (AvgIpc) is 0.912. The first-order chi connectivity index (χ1) is 52.5. The summed E-state index contributed by atoms with van der Waals surface area (Å²) in [5.41, 5.74) is 3.15. The van der Waals surface area contributed by atoms with Gasteiger partial charge in [-0.15, -0.1) is 11.6 Å². The van der Waals surface area contributed by atoms with Crippen molar-refractivity contribution in [3.05, 3.63) is 230 Å². The molecular formula is C85H111ClO23. The molecule has 0 atom stereocenters. The van der Waals surface area contributed by atoms with Crippen molar-refractivity contribution in [1.82, 2.24) is 0 Å². The number of rotatable bonds is 37. The maximum absolute atomic E-state index is 11.8. The molecule has 0 saturated heterocycles. The van der Waals surface area contributed by atoms with Crippen molar-refractivity contribution >= 4 is 77.7 Å². The van der Waals surface area contributed by atoms with E-state index in [1.165, 1.54) is 18.2 Å². The lowest BCUT2D eigenvalue weighted by molar-refractivity contribution is -0.137. The Morgan fingerprint density at radius 1 is 0.358 bits per heavy atom. The number of methoxy groups -OCH3 is 2. The van der Waals surface area contributed by atoms with Crippen molar-refractivity contribution in [2.75, 3.05) is 79.6 Å². The van der Waals surface area contributed by atoms with E-state index in [4.69, 9.17) is 89.6 Å². The fraction of sp³-hybridized carbons (Fsp3) is 0.329.